The van der Waals surface area contributed by atoms with Crippen LogP contribution in [0.3, 0.4) is 0 Å². The summed E-state index contributed by atoms with van der Waals surface area (Å²) in [7, 11) is 0. The lowest BCUT2D eigenvalue weighted by Crippen LogP contribution is -2.31. The van der Waals surface area contributed by atoms with E-state index in [4.69, 9.17) is 16.9 Å². The molecule has 0 aliphatic carbocycles. The van der Waals surface area contributed by atoms with Gasteiger partial charge in [0.2, 0.25) is 5.91 Å². The van der Waals surface area contributed by atoms with Crippen LogP contribution in [0.4, 0.5) is 24.5 Å². The number of carbonyl (C=O) groups excluding carboxylic acids is 1. The highest BCUT2D eigenvalue weighted by Crippen LogP contribution is 2.34. The number of nitriles is 1. The Bertz CT molecular complexity index is 938. The van der Waals surface area contributed by atoms with Gasteiger partial charge in [0.15, 0.2) is 0 Å². The van der Waals surface area contributed by atoms with Gasteiger partial charge < -0.3 is 10.2 Å². The van der Waals surface area contributed by atoms with Crippen molar-refractivity contribution in [2.45, 2.75) is 32.0 Å². The number of amides is 1. The number of nitrogens with one attached hydrogen (secondary N) is 1. The third kappa shape index (κ3) is 4.83. The second kappa shape index (κ2) is 8.34. The molecule has 1 unspecified atom stereocenters. The van der Waals surface area contributed by atoms with Gasteiger partial charge in [0.1, 0.15) is 6.07 Å². The molecule has 0 aromatic heterocycles. The smallest absolute Gasteiger partial charge is 0.368 e. The second-order valence-electron chi connectivity index (χ2n) is 7.09. The molecular formula is C21H19ClF3N3O. The van der Waals surface area contributed by atoms with E-state index in [2.05, 4.69) is 10.2 Å². The number of anilines is 2. The number of hydrogen-bond acceptors (Lipinski definition) is 3. The van der Waals surface area contributed by atoms with Gasteiger partial charge in [-0.2, -0.15) is 18.4 Å². The molecule has 8 heteroatoms. The maximum Gasteiger partial charge on any atom is 0.416 e. The SMILES string of the molecule is C[C@H]1C(CC(=O)Nc2ccc(C(F)(F)F)cc2)CCN1c1ccc(C#N)c(Cl)c1. The first-order chi connectivity index (χ1) is 13.7. The Morgan fingerprint density at radius 2 is 1.97 bits per heavy atom. The zero-order valence-electron chi connectivity index (χ0n) is 15.6. The fourth-order valence-electron chi connectivity index (χ4n) is 3.61. The fraction of sp³-hybridized carbons (Fsp3) is 0.333. The molecule has 1 aliphatic heterocycles. The van der Waals surface area contributed by atoms with Crippen LogP contribution in [-0.2, 0) is 11.0 Å². The highest BCUT2D eigenvalue weighted by molar-refractivity contribution is 6.32. The highest BCUT2D eigenvalue weighted by atomic mass is 35.5. The average Bonchev–Trinajstić information content (AvgIpc) is 3.01. The molecule has 2 atom stereocenters. The van der Waals surface area contributed by atoms with Crippen molar-refractivity contribution in [3.8, 4) is 6.07 Å². The van der Waals surface area contributed by atoms with Crippen molar-refractivity contribution < 1.29 is 18.0 Å². The van der Waals surface area contributed by atoms with Crippen molar-refractivity contribution in [1.29, 1.82) is 5.26 Å². The zero-order chi connectivity index (χ0) is 21.2. The summed E-state index contributed by atoms with van der Waals surface area (Å²) >= 11 is 6.12. The van der Waals surface area contributed by atoms with E-state index in [0.717, 1.165) is 30.8 Å². The van der Waals surface area contributed by atoms with Crippen molar-refractivity contribution >= 4 is 28.9 Å². The lowest BCUT2D eigenvalue weighted by molar-refractivity contribution is -0.137. The number of nitrogens with zero attached hydrogens (tertiary/aromatic N) is 2. The predicted molar refractivity (Wildman–Crippen MR) is 106 cm³/mol. The monoisotopic (exact) mass is 421 g/mol. The molecule has 0 bridgehead atoms. The average molecular weight is 422 g/mol. The van der Waals surface area contributed by atoms with Crippen LogP contribution in [0, 0.1) is 17.2 Å². The summed E-state index contributed by atoms with van der Waals surface area (Å²) in [5.41, 5.74) is 0.892. The van der Waals surface area contributed by atoms with Gasteiger partial charge in [0.25, 0.3) is 0 Å². The molecule has 29 heavy (non-hydrogen) atoms. The standard InChI is InChI=1S/C21H19ClF3N3O/c1-13-14(8-9-28(13)18-7-2-15(12-26)19(22)11-18)10-20(29)27-17-5-3-16(4-6-17)21(23,24)25/h2-7,11,13-14H,8-10H2,1H3,(H,27,29)/t13-,14?/m0/s1. The molecule has 4 nitrogen and oxygen atoms in total. The maximum absolute atomic E-state index is 12.6. The van der Waals surface area contributed by atoms with E-state index in [1.807, 2.05) is 19.1 Å². The molecule has 2 aromatic carbocycles. The zero-order valence-corrected chi connectivity index (χ0v) is 16.4. The number of benzene rings is 2. The summed E-state index contributed by atoms with van der Waals surface area (Å²) in [6.45, 7) is 2.77. The van der Waals surface area contributed by atoms with Gasteiger partial charge in [-0.05, 0) is 61.7 Å². The van der Waals surface area contributed by atoms with E-state index in [1.165, 1.54) is 12.1 Å². The van der Waals surface area contributed by atoms with E-state index in [-0.39, 0.29) is 24.3 Å². The molecule has 0 radical (unpaired) electrons. The first-order valence-corrected chi connectivity index (χ1v) is 9.50. The van der Waals surface area contributed by atoms with Gasteiger partial charge in [-0.1, -0.05) is 11.6 Å². The summed E-state index contributed by atoms with van der Waals surface area (Å²) in [6.07, 6.45) is -3.33. The molecule has 1 fully saturated rings. The first-order valence-electron chi connectivity index (χ1n) is 9.12. The van der Waals surface area contributed by atoms with Crippen LogP contribution in [0.15, 0.2) is 42.5 Å². The predicted octanol–water partition coefficient (Wildman–Crippen LogP) is 5.47. The first kappa shape index (κ1) is 21.0. The maximum atomic E-state index is 12.6. The van der Waals surface area contributed by atoms with Gasteiger partial charge in [0, 0.05) is 30.4 Å². The van der Waals surface area contributed by atoms with E-state index in [1.54, 1.807) is 12.1 Å². The van der Waals surface area contributed by atoms with Crippen LogP contribution in [0.1, 0.15) is 30.9 Å². The van der Waals surface area contributed by atoms with Crippen LogP contribution >= 0.6 is 11.6 Å². The second-order valence-corrected chi connectivity index (χ2v) is 7.49. The van der Waals surface area contributed by atoms with E-state index < -0.39 is 11.7 Å². The van der Waals surface area contributed by atoms with Crippen LogP contribution in [0.25, 0.3) is 0 Å². The molecule has 2 aromatic rings. The van der Waals surface area contributed by atoms with Crippen molar-refractivity contribution in [1.82, 2.24) is 0 Å². The number of alkyl halides is 3. The van der Waals surface area contributed by atoms with E-state index in [0.29, 0.717) is 16.3 Å². The minimum atomic E-state index is -4.40. The van der Waals surface area contributed by atoms with Gasteiger partial charge >= 0.3 is 6.18 Å². The van der Waals surface area contributed by atoms with Gasteiger partial charge in [0.05, 0.1) is 16.1 Å². The number of halogens is 4. The molecule has 1 aliphatic rings. The van der Waals surface area contributed by atoms with Gasteiger partial charge in [-0.25, -0.2) is 0 Å². The minimum absolute atomic E-state index is 0.0809. The number of hydrogen-bond donors (Lipinski definition) is 1. The van der Waals surface area contributed by atoms with Crippen LogP contribution in [0.5, 0.6) is 0 Å². The Labute approximate surface area is 171 Å². The molecule has 1 heterocycles. The summed E-state index contributed by atoms with van der Waals surface area (Å²) in [6, 6.07) is 11.8. The Kier molecular flexibility index (Phi) is 6.04. The molecule has 3 rings (SSSR count). The van der Waals surface area contributed by atoms with Crippen molar-refractivity contribution in [2.75, 3.05) is 16.8 Å². The van der Waals surface area contributed by atoms with E-state index in [9.17, 15) is 18.0 Å². The Hall–Kier alpha value is -2.72. The normalized spacial score (nSPS) is 19.1. The Balaban J connectivity index is 1.60. The van der Waals surface area contributed by atoms with Crippen LogP contribution < -0.4 is 10.2 Å². The highest BCUT2D eigenvalue weighted by Gasteiger charge is 2.33. The molecule has 152 valence electrons. The van der Waals surface area contributed by atoms with Crippen molar-refractivity contribution in [3.63, 3.8) is 0 Å². The quantitative estimate of drug-likeness (QED) is 0.711. The van der Waals surface area contributed by atoms with Crippen LogP contribution in [-0.4, -0.2) is 18.5 Å². The summed E-state index contributed by atoms with van der Waals surface area (Å²) in [5.74, 6) is -0.139. The van der Waals surface area contributed by atoms with Gasteiger partial charge in [-0.15, -0.1) is 0 Å². The molecule has 1 saturated heterocycles. The van der Waals surface area contributed by atoms with Gasteiger partial charge in [-0.3, -0.25) is 4.79 Å². The Morgan fingerprint density at radius 3 is 2.55 bits per heavy atom. The minimum Gasteiger partial charge on any atom is -0.368 e. The fourth-order valence-corrected chi connectivity index (χ4v) is 3.82. The summed E-state index contributed by atoms with van der Waals surface area (Å²) in [5, 5.41) is 12.1. The van der Waals surface area contributed by atoms with Crippen molar-refractivity contribution in [2.24, 2.45) is 5.92 Å². The molecular weight excluding hydrogens is 403 g/mol. The molecule has 0 spiro atoms. The summed E-state index contributed by atoms with van der Waals surface area (Å²) in [4.78, 5) is 14.5. The third-order valence-corrected chi connectivity index (χ3v) is 5.58. The molecule has 1 amide bonds. The number of rotatable bonds is 4. The third-order valence-electron chi connectivity index (χ3n) is 5.26. The van der Waals surface area contributed by atoms with Crippen molar-refractivity contribution in [3.05, 3.63) is 58.6 Å². The largest absolute Gasteiger partial charge is 0.416 e. The lowest BCUT2D eigenvalue weighted by Gasteiger charge is -2.27. The Morgan fingerprint density at radius 1 is 1.28 bits per heavy atom. The topological polar surface area (TPSA) is 56.1 Å². The van der Waals surface area contributed by atoms with E-state index >= 15 is 0 Å². The summed E-state index contributed by atoms with van der Waals surface area (Å²) < 4.78 is 37.9. The lowest BCUT2D eigenvalue weighted by atomic mass is 9.97. The van der Waals surface area contributed by atoms with Crippen LogP contribution in [0.2, 0.25) is 5.02 Å². The molecule has 0 saturated carbocycles. The number of carbonyl (C=O) groups is 1. The molecule has 1 N–H and O–H groups in total.